The summed E-state index contributed by atoms with van der Waals surface area (Å²) in [6, 6.07) is 0. The Hall–Kier alpha value is -1.45. The summed E-state index contributed by atoms with van der Waals surface area (Å²) in [4.78, 5) is 19.3. The number of nitrogens with one attached hydrogen (secondary N) is 1. The first-order valence-electron chi connectivity index (χ1n) is 4.24. The van der Waals surface area contributed by atoms with Crippen LogP contribution in [0.25, 0.3) is 0 Å². The fourth-order valence-electron chi connectivity index (χ4n) is 1.56. The first-order chi connectivity index (χ1) is 6.21. The maximum absolute atomic E-state index is 11.1. The Labute approximate surface area is 76.4 Å². The van der Waals surface area contributed by atoms with Crippen LogP contribution >= 0.6 is 0 Å². The van der Waals surface area contributed by atoms with Crippen molar-refractivity contribution < 1.29 is 4.79 Å². The van der Waals surface area contributed by atoms with Crippen molar-refractivity contribution >= 4 is 5.91 Å². The first kappa shape index (κ1) is 8.16. The Morgan fingerprint density at radius 1 is 1.54 bits per heavy atom. The molecule has 0 aliphatic carbocycles. The molecule has 0 spiro atoms. The van der Waals surface area contributed by atoms with Crippen molar-refractivity contribution in [2.24, 2.45) is 0 Å². The first-order valence-corrected chi connectivity index (χ1v) is 4.24. The zero-order valence-corrected chi connectivity index (χ0v) is 7.45. The normalized spacial score (nSPS) is 27.3. The molecule has 2 heterocycles. The second-order valence-electron chi connectivity index (χ2n) is 3.60. The summed E-state index contributed by atoms with van der Waals surface area (Å²) in [6.07, 6.45) is 5.52. The van der Waals surface area contributed by atoms with Crippen molar-refractivity contribution in [2.45, 2.75) is 18.8 Å². The summed E-state index contributed by atoms with van der Waals surface area (Å²) in [5, 5.41) is 2.80. The van der Waals surface area contributed by atoms with Crippen LogP contribution in [0, 0.1) is 0 Å². The van der Waals surface area contributed by atoms with Gasteiger partial charge in [0.05, 0.1) is 5.69 Å². The summed E-state index contributed by atoms with van der Waals surface area (Å²) in [5.41, 5.74) is 0.707. The van der Waals surface area contributed by atoms with Crippen LogP contribution in [0.1, 0.15) is 19.0 Å². The van der Waals surface area contributed by atoms with E-state index in [0.717, 1.165) is 5.69 Å². The molecule has 0 saturated carbocycles. The van der Waals surface area contributed by atoms with E-state index >= 15 is 0 Å². The van der Waals surface area contributed by atoms with Crippen molar-refractivity contribution in [3.05, 3.63) is 24.3 Å². The summed E-state index contributed by atoms with van der Waals surface area (Å²) >= 11 is 0. The summed E-state index contributed by atoms with van der Waals surface area (Å²) in [6.45, 7) is 2.68. The predicted octanol–water partition coefficient (Wildman–Crippen LogP) is 0.254. The number of amides is 1. The topological polar surface area (TPSA) is 54.9 Å². The molecule has 1 fully saturated rings. The van der Waals surface area contributed by atoms with Gasteiger partial charge >= 0.3 is 0 Å². The Morgan fingerprint density at radius 3 is 2.92 bits per heavy atom. The van der Waals surface area contributed by atoms with Gasteiger partial charge < -0.3 is 5.32 Å². The number of hydrogen-bond acceptors (Lipinski definition) is 3. The van der Waals surface area contributed by atoms with E-state index in [1.807, 2.05) is 6.92 Å². The molecule has 4 heteroatoms. The van der Waals surface area contributed by atoms with E-state index in [-0.39, 0.29) is 11.3 Å². The average molecular weight is 177 g/mol. The quantitative estimate of drug-likeness (QED) is 0.669. The molecule has 0 radical (unpaired) electrons. The van der Waals surface area contributed by atoms with Crippen LogP contribution in [0.4, 0.5) is 0 Å². The van der Waals surface area contributed by atoms with Gasteiger partial charge in [0.2, 0.25) is 5.91 Å². The second-order valence-corrected chi connectivity index (χ2v) is 3.60. The SMILES string of the molecule is C[C@]1(c2cnccn2)CNC(=O)C1. The van der Waals surface area contributed by atoms with E-state index in [1.54, 1.807) is 18.6 Å². The smallest absolute Gasteiger partial charge is 0.221 e. The zero-order chi connectivity index (χ0) is 9.31. The monoisotopic (exact) mass is 177 g/mol. The third-order valence-corrected chi connectivity index (χ3v) is 2.41. The third kappa shape index (κ3) is 1.39. The highest BCUT2D eigenvalue weighted by Gasteiger charge is 2.36. The molecule has 1 saturated heterocycles. The van der Waals surface area contributed by atoms with Gasteiger partial charge in [-0.25, -0.2) is 0 Å². The van der Waals surface area contributed by atoms with Crippen molar-refractivity contribution in [2.75, 3.05) is 6.54 Å². The van der Waals surface area contributed by atoms with E-state index in [0.29, 0.717) is 13.0 Å². The number of rotatable bonds is 1. The number of hydrogen-bond donors (Lipinski definition) is 1. The lowest BCUT2D eigenvalue weighted by Gasteiger charge is -2.19. The minimum absolute atomic E-state index is 0.0909. The molecule has 68 valence electrons. The van der Waals surface area contributed by atoms with Crippen LogP contribution in [-0.2, 0) is 10.2 Å². The van der Waals surface area contributed by atoms with Gasteiger partial charge in [-0.2, -0.15) is 0 Å². The van der Waals surface area contributed by atoms with E-state index in [4.69, 9.17) is 0 Å². The molecule has 0 bridgehead atoms. The van der Waals surface area contributed by atoms with Gasteiger partial charge in [0.1, 0.15) is 0 Å². The third-order valence-electron chi connectivity index (χ3n) is 2.41. The van der Waals surface area contributed by atoms with Gasteiger partial charge in [-0.3, -0.25) is 14.8 Å². The van der Waals surface area contributed by atoms with Crippen LogP contribution in [0.5, 0.6) is 0 Å². The Balaban J connectivity index is 2.31. The number of aromatic nitrogens is 2. The van der Waals surface area contributed by atoms with Gasteiger partial charge in [0.15, 0.2) is 0 Å². The van der Waals surface area contributed by atoms with E-state index < -0.39 is 0 Å². The van der Waals surface area contributed by atoms with Crippen LogP contribution in [-0.4, -0.2) is 22.4 Å². The molecule has 1 amide bonds. The average Bonchev–Trinajstić information content (AvgIpc) is 2.49. The maximum Gasteiger partial charge on any atom is 0.221 e. The highest BCUT2D eigenvalue weighted by atomic mass is 16.1. The van der Waals surface area contributed by atoms with Gasteiger partial charge in [0, 0.05) is 37.0 Å². The molecule has 1 aliphatic rings. The minimum atomic E-state index is -0.175. The van der Waals surface area contributed by atoms with Crippen molar-refractivity contribution in [1.82, 2.24) is 15.3 Å². The number of carbonyl (C=O) groups is 1. The van der Waals surface area contributed by atoms with E-state index in [2.05, 4.69) is 15.3 Å². The molecule has 1 atom stereocenters. The van der Waals surface area contributed by atoms with Crippen molar-refractivity contribution in [1.29, 1.82) is 0 Å². The predicted molar refractivity (Wildman–Crippen MR) is 47.0 cm³/mol. The highest BCUT2D eigenvalue weighted by Crippen LogP contribution is 2.28. The largest absolute Gasteiger partial charge is 0.355 e. The Kier molecular flexibility index (Phi) is 1.76. The van der Waals surface area contributed by atoms with Gasteiger partial charge in [-0.1, -0.05) is 6.92 Å². The molecule has 1 aromatic heterocycles. The molecule has 0 aromatic carbocycles. The molecule has 2 rings (SSSR count). The second kappa shape index (κ2) is 2.80. The van der Waals surface area contributed by atoms with E-state index in [1.165, 1.54) is 0 Å². The van der Waals surface area contributed by atoms with Crippen molar-refractivity contribution in [3.63, 3.8) is 0 Å². The molecule has 4 nitrogen and oxygen atoms in total. The molecule has 1 aliphatic heterocycles. The molecule has 0 unspecified atom stereocenters. The van der Waals surface area contributed by atoms with Crippen LogP contribution in [0.15, 0.2) is 18.6 Å². The molecular formula is C9H11N3O. The molecule has 1 N–H and O–H groups in total. The highest BCUT2D eigenvalue weighted by molar-refractivity contribution is 5.80. The number of carbonyl (C=O) groups excluding carboxylic acids is 1. The lowest BCUT2D eigenvalue weighted by Crippen LogP contribution is -2.26. The van der Waals surface area contributed by atoms with E-state index in [9.17, 15) is 4.79 Å². The maximum atomic E-state index is 11.1. The number of nitrogens with zero attached hydrogens (tertiary/aromatic N) is 2. The fourth-order valence-corrected chi connectivity index (χ4v) is 1.56. The van der Waals surface area contributed by atoms with Gasteiger partial charge in [-0.15, -0.1) is 0 Å². The van der Waals surface area contributed by atoms with Gasteiger partial charge in [0.25, 0.3) is 0 Å². The Morgan fingerprint density at radius 2 is 2.38 bits per heavy atom. The summed E-state index contributed by atoms with van der Waals surface area (Å²) in [7, 11) is 0. The molecular weight excluding hydrogens is 166 g/mol. The van der Waals surface area contributed by atoms with Crippen LogP contribution in [0.3, 0.4) is 0 Å². The standard InChI is InChI=1S/C9H11N3O/c1-9(4-8(13)12-6-9)7-5-10-2-3-11-7/h2-3,5H,4,6H2,1H3,(H,12,13)/t9-/m1/s1. The lowest BCUT2D eigenvalue weighted by molar-refractivity contribution is -0.119. The van der Waals surface area contributed by atoms with Crippen molar-refractivity contribution in [3.8, 4) is 0 Å². The van der Waals surface area contributed by atoms with Gasteiger partial charge in [-0.05, 0) is 0 Å². The minimum Gasteiger partial charge on any atom is -0.355 e. The Bertz CT molecular complexity index is 325. The van der Waals surface area contributed by atoms with Crippen LogP contribution < -0.4 is 5.32 Å². The van der Waals surface area contributed by atoms with Crippen LogP contribution in [0.2, 0.25) is 0 Å². The summed E-state index contributed by atoms with van der Waals surface area (Å²) < 4.78 is 0. The fraction of sp³-hybridized carbons (Fsp3) is 0.444. The summed E-state index contributed by atoms with van der Waals surface area (Å²) in [5.74, 6) is 0.0909. The zero-order valence-electron chi connectivity index (χ0n) is 7.45. The molecule has 13 heavy (non-hydrogen) atoms. The lowest BCUT2D eigenvalue weighted by atomic mass is 9.86. The molecule has 1 aromatic rings.